The zero-order valence-electron chi connectivity index (χ0n) is 9.71. The molecule has 0 aliphatic carbocycles. The number of carbonyl (C=O) groups excluding carboxylic acids is 1. The highest BCUT2D eigenvalue weighted by atomic mass is 19.2. The molecule has 0 aromatic carbocycles. The van der Waals surface area contributed by atoms with Gasteiger partial charge in [0.2, 0.25) is 5.91 Å². The maximum Gasteiger partial charge on any atom is 0.251 e. The van der Waals surface area contributed by atoms with Crippen LogP contribution >= 0.6 is 0 Å². The number of hydrogen-bond donors (Lipinski definition) is 1. The molecule has 2 heterocycles. The molecule has 1 unspecified atom stereocenters. The van der Waals surface area contributed by atoms with Gasteiger partial charge in [-0.15, -0.1) is 0 Å². The van der Waals surface area contributed by atoms with Gasteiger partial charge in [0.05, 0.1) is 5.41 Å². The van der Waals surface area contributed by atoms with Crippen molar-refractivity contribution in [3.63, 3.8) is 0 Å². The number of anilines is 1. The lowest BCUT2D eigenvalue weighted by atomic mass is 9.89. The Morgan fingerprint density at radius 3 is 2.67 bits per heavy atom. The first kappa shape index (κ1) is 12.7. The fourth-order valence-corrected chi connectivity index (χ4v) is 2.00. The van der Waals surface area contributed by atoms with Gasteiger partial charge in [-0.05, 0) is 13.3 Å². The van der Waals surface area contributed by atoms with Gasteiger partial charge in [0, 0.05) is 19.2 Å². The predicted octanol–water partition coefficient (Wildman–Crippen LogP) is 1.20. The van der Waals surface area contributed by atoms with Crippen LogP contribution in [-0.2, 0) is 4.79 Å². The minimum absolute atomic E-state index is 0.136. The van der Waals surface area contributed by atoms with Gasteiger partial charge in [-0.3, -0.25) is 4.79 Å². The van der Waals surface area contributed by atoms with E-state index in [-0.39, 0.29) is 12.4 Å². The van der Waals surface area contributed by atoms with Gasteiger partial charge in [-0.2, -0.15) is 9.37 Å². The van der Waals surface area contributed by atoms with E-state index in [1.54, 1.807) is 6.92 Å². The van der Waals surface area contributed by atoms with Crippen LogP contribution in [-0.4, -0.2) is 24.0 Å². The first-order valence-electron chi connectivity index (χ1n) is 5.40. The second-order valence-electron chi connectivity index (χ2n) is 4.66. The molecule has 0 bridgehead atoms. The first-order valence-corrected chi connectivity index (χ1v) is 5.40. The molecule has 1 amide bonds. The second kappa shape index (κ2) is 4.15. The Hall–Kier alpha value is -1.79. The molecule has 0 saturated carbocycles. The number of nitrogens with two attached hydrogens (primary N) is 1. The summed E-state index contributed by atoms with van der Waals surface area (Å²) in [7, 11) is 0. The number of hydrogen-bond acceptors (Lipinski definition) is 3. The number of carbonyl (C=O) groups is 1. The number of amides is 1. The molecule has 1 fully saturated rings. The largest absolute Gasteiger partial charge is 0.369 e. The van der Waals surface area contributed by atoms with Gasteiger partial charge in [-0.1, -0.05) is 0 Å². The third-order valence-corrected chi connectivity index (χ3v) is 3.24. The van der Waals surface area contributed by atoms with Crippen LogP contribution in [0.5, 0.6) is 0 Å². The number of aromatic nitrogens is 1. The van der Waals surface area contributed by atoms with Gasteiger partial charge in [-0.25, -0.2) is 8.78 Å². The van der Waals surface area contributed by atoms with Crippen molar-refractivity contribution in [3.05, 3.63) is 23.6 Å². The minimum atomic E-state index is -1.36. The molecule has 2 N–H and O–H groups in total. The standard InChI is InChI=1S/C11H12F3N3O/c1-11(10(15)18)2-3-17(5-11)9-7(13)4-6(12)8(14)16-9/h4H,2-3,5H2,1H3,(H2,15,18). The van der Waals surface area contributed by atoms with E-state index in [1.165, 1.54) is 4.90 Å². The van der Waals surface area contributed by atoms with Gasteiger partial charge in [0.25, 0.3) is 5.95 Å². The molecule has 1 aromatic heterocycles. The minimum Gasteiger partial charge on any atom is -0.369 e. The molecule has 2 rings (SSSR count). The zero-order chi connectivity index (χ0) is 13.5. The Balaban J connectivity index is 2.30. The molecule has 7 heteroatoms. The maximum absolute atomic E-state index is 13.5. The predicted molar refractivity (Wildman–Crippen MR) is 58.2 cm³/mol. The molecule has 98 valence electrons. The SMILES string of the molecule is CC1(C(N)=O)CCN(c2nc(F)c(F)cc2F)C1. The van der Waals surface area contributed by atoms with Crippen LogP contribution in [0.25, 0.3) is 0 Å². The third-order valence-electron chi connectivity index (χ3n) is 3.24. The van der Waals surface area contributed by atoms with E-state index in [2.05, 4.69) is 4.98 Å². The average molecular weight is 259 g/mol. The topological polar surface area (TPSA) is 59.2 Å². The van der Waals surface area contributed by atoms with Gasteiger partial charge < -0.3 is 10.6 Å². The van der Waals surface area contributed by atoms with Crippen LogP contribution in [0, 0.1) is 23.0 Å². The lowest BCUT2D eigenvalue weighted by Gasteiger charge is -2.22. The molecule has 1 aliphatic heterocycles. The fourth-order valence-electron chi connectivity index (χ4n) is 2.00. The van der Waals surface area contributed by atoms with Crippen molar-refractivity contribution in [1.82, 2.24) is 4.98 Å². The summed E-state index contributed by atoms with van der Waals surface area (Å²) in [4.78, 5) is 15.9. The van der Waals surface area contributed by atoms with E-state index in [0.717, 1.165) is 0 Å². The van der Waals surface area contributed by atoms with Crippen molar-refractivity contribution < 1.29 is 18.0 Å². The van der Waals surface area contributed by atoms with E-state index in [9.17, 15) is 18.0 Å². The van der Waals surface area contributed by atoms with Crippen LogP contribution in [0.2, 0.25) is 0 Å². The monoisotopic (exact) mass is 259 g/mol. The average Bonchev–Trinajstić information content (AvgIpc) is 2.68. The van der Waals surface area contributed by atoms with E-state index in [0.29, 0.717) is 19.0 Å². The Labute approximate surface area is 102 Å². The Bertz CT molecular complexity index is 509. The van der Waals surface area contributed by atoms with Gasteiger partial charge in [0.1, 0.15) is 0 Å². The van der Waals surface area contributed by atoms with Crippen molar-refractivity contribution in [2.75, 3.05) is 18.0 Å². The summed E-state index contributed by atoms with van der Waals surface area (Å²) in [5.41, 5.74) is 4.44. The van der Waals surface area contributed by atoms with Gasteiger partial charge in [0.15, 0.2) is 17.5 Å². The summed E-state index contributed by atoms with van der Waals surface area (Å²) in [6, 6.07) is 0.442. The summed E-state index contributed by atoms with van der Waals surface area (Å²) in [6.45, 7) is 2.10. The molecule has 1 atom stereocenters. The zero-order valence-corrected chi connectivity index (χ0v) is 9.71. The van der Waals surface area contributed by atoms with Crippen LogP contribution in [0.4, 0.5) is 19.0 Å². The van der Waals surface area contributed by atoms with Crippen molar-refractivity contribution >= 4 is 11.7 Å². The summed E-state index contributed by atoms with van der Waals surface area (Å²) in [6.07, 6.45) is 0.419. The number of pyridine rings is 1. The van der Waals surface area contributed by atoms with Crippen LogP contribution < -0.4 is 10.6 Å². The van der Waals surface area contributed by atoms with Crippen molar-refractivity contribution in [2.24, 2.45) is 11.1 Å². The highest BCUT2D eigenvalue weighted by molar-refractivity contribution is 5.82. The summed E-state index contributed by atoms with van der Waals surface area (Å²) in [5, 5.41) is 0. The molecule has 4 nitrogen and oxygen atoms in total. The highest BCUT2D eigenvalue weighted by Gasteiger charge is 2.40. The van der Waals surface area contributed by atoms with E-state index in [1.807, 2.05) is 0 Å². The summed E-state index contributed by atoms with van der Waals surface area (Å²) in [5.74, 6) is -4.46. The molecule has 1 aromatic rings. The smallest absolute Gasteiger partial charge is 0.251 e. The van der Waals surface area contributed by atoms with Crippen molar-refractivity contribution in [3.8, 4) is 0 Å². The Morgan fingerprint density at radius 2 is 2.11 bits per heavy atom. The number of rotatable bonds is 2. The molecular weight excluding hydrogens is 247 g/mol. The lowest BCUT2D eigenvalue weighted by Crippen LogP contribution is -2.37. The van der Waals surface area contributed by atoms with E-state index >= 15 is 0 Å². The van der Waals surface area contributed by atoms with E-state index < -0.39 is 28.9 Å². The van der Waals surface area contributed by atoms with E-state index in [4.69, 9.17) is 5.73 Å². The van der Waals surface area contributed by atoms with Crippen molar-refractivity contribution in [1.29, 1.82) is 0 Å². The lowest BCUT2D eigenvalue weighted by molar-refractivity contribution is -0.125. The molecular formula is C11H12F3N3O. The maximum atomic E-state index is 13.5. The van der Waals surface area contributed by atoms with Crippen LogP contribution in [0.1, 0.15) is 13.3 Å². The first-order chi connectivity index (χ1) is 8.33. The third kappa shape index (κ3) is 2.00. The Kier molecular flexibility index (Phi) is 2.92. The van der Waals surface area contributed by atoms with Gasteiger partial charge >= 0.3 is 0 Å². The molecule has 0 spiro atoms. The fraction of sp³-hybridized carbons (Fsp3) is 0.455. The number of halogens is 3. The summed E-state index contributed by atoms with van der Waals surface area (Å²) < 4.78 is 39.3. The molecule has 1 saturated heterocycles. The molecule has 18 heavy (non-hydrogen) atoms. The second-order valence-corrected chi connectivity index (χ2v) is 4.66. The Morgan fingerprint density at radius 1 is 1.44 bits per heavy atom. The molecule has 1 aliphatic rings. The normalized spacial score (nSPS) is 23.4. The number of primary amides is 1. The quantitative estimate of drug-likeness (QED) is 0.812. The summed E-state index contributed by atoms with van der Waals surface area (Å²) >= 11 is 0. The molecule has 0 radical (unpaired) electrons. The van der Waals surface area contributed by atoms with Crippen molar-refractivity contribution in [2.45, 2.75) is 13.3 Å². The van der Waals surface area contributed by atoms with Crippen LogP contribution in [0.15, 0.2) is 6.07 Å². The van der Waals surface area contributed by atoms with Crippen LogP contribution in [0.3, 0.4) is 0 Å². The number of nitrogens with zero attached hydrogens (tertiary/aromatic N) is 2. The highest BCUT2D eigenvalue weighted by Crippen LogP contribution is 2.33.